The number of hydrogen-bond acceptors (Lipinski definition) is 3. The highest BCUT2D eigenvalue weighted by molar-refractivity contribution is 5.93. The van der Waals surface area contributed by atoms with Gasteiger partial charge in [-0.1, -0.05) is 37.3 Å². The van der Waals surface area contributed by atoms with Crippen LogP contribution in [-0.4, -0.2) is 17.1 Å². The van der Waals surface area contributed by atoms with Gasteiger partial charge in [0.15, 0.2) is 0 Å². The van der Waals surface area contributed by atoms with Gasteiger partial charge in [-0.25, -0.2) is 5.43 Å². The average molecular weight is 253 g/mol. The van der Waals surface area contributed by atoms with E-state index in [1.807, 2.05) is 24.3 Å². The molecule has 0 aliphatic carbocycles. The normalized spacial score (nSPS) is 10.6. The highest BCUT2D eigenvalue weighted by Gasteiger charge is 2.03. The van der Waals surface area contributed by atoms with Crippen molar-refractivity contribution in [3.63, 3.8) is 0 Å². The predicted octanol–water partition coefficient (Wildman–Crippen LogP) is 2.41. The van der Waals surface area contributed by atoms with Gasteiger partial charge in [-0.15, -0.1) is 0 Å². The average Bonchev–Trinajstić information content (AvgIpc) is 2.49. The molecular formula is C15H15N3O. The van der Waals surface area contributed by atoms with Crippen LogP contribution >= 0.6 is 0 Å². The Morgan fingerprint density at radius 3 is 2.68 bits per heavy atom. The van der Waals surface area contributed by atoms with Crippen LogP contribution in [0.5, 0.6) is 0 Å². The number of aromatic nitrogens is 1. The minimum Gasteiger partial charge on any atom is -0.266 e. The van der Waals surface area contributed by atoms with Crippen molar-refractivity contribution in [2.45, 2.75) is 13.3 Å². The van der Waals surface area contributed by atoms with Crippen molar-refractivity contribution in [2.24, 2.45) is 5.10 Å². The summed E-state index contributed by atoms with van der Waals surface area (Å²) < 4.78 is 0. The molecule has 4 nitrogen and oxygen atoms in total. The van der Waals surface area contributed by atoms with Crippen LogP contribution in [0.15, 0.2) is 53.8 Å². The second-order valence-electron chi connectivity index (χ2n) is 4.01. The molecule has 1 heterocycles. The second-order valence-corrected chi connectivity index (χ2v) is 4.01. The number of nitrogens with zero attached hydrogens (tertiary/aromatic N) is 2. The number of pyridine rings is 1. The number of aryl methyl sites for hydroxylation is 1. The lowest BCUT2D eigenvalue weighted by atomic mass is 10.1. The zero-order chi connectivity index (χ0) is 13.5. The Labute approximate surface area is 112 Å². The molecule has 4 heteroatoms. The fourth-order valence-electron chi connectivity index (χ4n) is 1.56. The lowest BCUT2D eigenvalue weighted by Gasteiger charge is -1.99. The van der Waals surface area contributed by atoms with Crippen molar-refractivity contribution in [2.75, 3.05) is 0 Å². The maximum absolute atomic E-state index is 11.6. The zero-order valence-electron chi connectivity index (χ0n) is 10.7. The lowest BCUT2D eigenvalue weighted by Crippen LogP contribution is -2.18. The molecule has 0 atom stereocenters. The van der Waals surface area contributed by atoms with E-state index in [-0.39, 0.29) is 5.91 Å². The van der Waals surface area contributed by atoms with Crippen LogP contribution in [0, 0.1) is 0 Å². The number of carbonyl (C=O) groups excluding carboxylic acids is 1. The lowest BCUT2D eigenvalue weighted by molar-refractivity contribution is 0.0950. The van der Waals surface area contributed by atoms with E-state index in [4.69, 9.17) is 0 Å². The van der Waals surface area contributed by atoms with Gasteiger partial charge >= 0.3 is 0 Å². The molecular weight excluding hydrogens is 238 g/mol. The van der Waals surface area contributed by atoms with Crippen molar-refractivity contribution in [3.8, 4) is 0 Å². The Hall–Kier alpha value is -2.49. The molecule has 0 radical (unpaired) electrons. The van der Waals surface area contributed by atoms with Gasteiger partial charge in [0, 0.05) is 6.20 Å². The molecule has 0 bridgehead atoms. The Balaban J connectivity index is 1.94. The van der Waals surface area contributed by atoms with E-state index in [0.29, 0.717) is 5.69 Å². The number of hydrogen-bond donors (Lipinski definition) is 1. The van der Waals surface area contributed by atoms with Crippen LogP contribution < -0.4 is 5.43 Å². The molecule has 0 aliphatic heterocycles. The van der Waals surface area contributed by atoms with E-state index in [2.05, 4.69) is 22.4 Å². The molecule has 1 aromatic heterocycles. The number of hydrazone groups is 1. The molecule has 1 amide bonds. The van der Waals surface area contributed by atoms with Crippen LogP contribution in [0.2, 0.25) is 0 Å². The molecule has 0 unspecified atom stereocenters. The molecule has 2 rings (SSSR count). The van der Waals surface area contributed by atoms with E-state index >= 15 is 0 Å². The van der Waals surface area contributed by atoms with E-state index in [1.54, 1.807) is 30.6 Å². The van der Waals surface area contributed by atoms with Crippen LogP contribution in [0.1, 0.15) is 28.5 Å². The molecule has 19 heavy (non-hydrogen) atoms. The minimum absolute atomic E-state index is 0.318. The Kier molecular flexibility index (Phi) is 4.39. The highest BCUT2D eigenvalue weighted by Crippen LogP contribution is 2.02. The fraction of sp³-hybridized carbons (Fsp3) is 0.133. The SMILES string of the molecule is CCc1ccc(/C=N\NC(=O)c2ccccn2)cc1. The molecule has 0 saturated carbocycles. The summed E-state index contributed by atoms with van der Waals surface area (Å²) in [5.41, 5.74) is 5.01. The first-order chi connectivity index (χ1) is 9.29. The summed E-state index contributed by atoms with van der Waals surface area (Å²) in [7, 11) is 0. The van der Waals surface area contributed by atoms with Crippen LogP contribution in [0.3, 0.4) is 0 Å². The van der Waals surface area contributed by atoms with Gasteiger partial charge in [0.1, 0.15) is 5.69 Å². The van der Waals surface area contributed by atoms with Crippen molar-refractivity contribution in [3.05, 3.63) is 65.5 Å². The van der Waals surface area contributed by atoms with Crippen molar-refractivity contribution < 1.29 is 4.79 Å². The number of benzene rings is 1. The third kappa shape index (κ3) is 3.74. The van der Waals surface area contributed by atoms with Crippen LogP contribution in [0.4, 0.5) is 0 Å². The third-order valence-corrected chi connectivity index (χ3v) is 2.67. The number of rotatable bonds is 4. The summed E-state index contributed by atoms with van der Waals surface area (Å²) in [6.07, 6.45) is 4.19. The van der Waals surface area contributed by atoms with E-state index in [1.165, 1.54) is 5.56 Å². The molecule has 0 saturated heterocycles. The van der Waals surface area contributed by atoms with Crippen molar-refractivity contribution in [1.29, 1.82) is 0 Å². The monoisotopic (exact) mass is 253 g/mol. The van der Waals surface area contributed by atoms with Gasteiger partial charge in [0.05, 0.1) is 6.21 Å². The summed E-state index contributed by atoms with van der Waals surface area (Å²) in [5.74, 6) is -0.318. The van der Waals surface area contributed by atoms with Gasteiger partial charge in [0.2, 0.25) is 0 Å². The summed E-state index contributed by atoms with van der Waals surface area (Å²) in [5, 5.41) is 3.91. The maximum Gasteiger partial charge on any atom is 0.289 e. The summed E-state index contributed by atoms with van der Waals surface area (Å²) >= 11 is 0. The summed E-state index contributed by atoms with van der Waals surface area (Å²) in [6, 6.07) is 13.2. The molecule has 0 spiro atoms. The van der Waals surface area contributed by atoms with Gasteiger partial charge in [-0.05, 0) is 29.7 Å². The van der Waals surface area contributed by atoms with E-state index in [0.717, 1.165) is 12.0 Å². The summed E-state index contributed by atoms with van der Waals surface area (Å²) in [4.78, 5) is 15.6. The van der Waals surface area contributed by atoms with Gasteiger partial charge in [-0.2, -0.15) is 5.10 Å². The predicted molar refractivity (Wildman–Crippen MR) is 75.1 cm³/mol. The largest absolute Gasteiger partial charge is 0.289 e. The Bertz CT molecular complexity index is 562. The highest BCUT2D eigenvalue weighted by atomic mass is 16.2. The fourth-order valence-corrected chi connectivity index (χ4v) is 1.56. The Morgan fingerprint density at radius 2 is 2.05 bits per heavy atom. The standard InChI is InChI=1S/C15H15N3O/c1-2-12-6-8-13(9-7-12)11-17-18-15(19)14-5-3-4-10-16-14/h3-11H,2H2,1H3,(H,18,19)/b17-11-. The van der Waals surface area contributed by atoms with Gasteiger partial charge in [0.25, 0.3) is 5.91 Å². The molecule has 1 aromatic carbocycles. The first-order valence-corrected chi connectivity index (χ1v) is 6.13. The summed E-state index contributed by atoms with van der Waals surface area (Å²) in [6.45, 7) is 2.11. The first kappa shape index (κ1) is 13.0. The molecule has 0 aliphatic rings. The van der Waals surface area contributed by atoms with Gasteiger partial charge < -0.3 is 0 Å². The molecule has 2 aromatic rings. The molecule has 1 N–H and O–H groups in total. The number of nitrogens with one attached hydrogen (secondary N) is 1. The number of amides is 1. The molecule has 96 valence electrons. The van der Waals surface area contributed by atoms with Crippen molar-refractivity contribution in [1.82, 2.24) is 10.4 Å². The molecule has 0 fully saturated rings. The Morgan fingerprint density at radius 1 is 1.26 bits per heavy atom. The number of carbonyl (C=O) groups is 1. The maximum atomic E-state index is 11.6. The van der Waals surface area contributed by atoms with Crippen LogP contribution in [0.25, 0.3) is 0 Å². The topological polar surface area (TPSA) is 54.4 Å². The van der Waals surface area contributed by atoms with Crippen LogP contribution in [-0.2, 0) is 6.42 Å². The zero-order valence-corrected chi connectivity index (χ0v) is 10.7. The van der Waals surface area contributed by atoms with Crippen molar-refractivity contribution >= 4 is 12.1 Å². The quantitative estimate of drug-likeness (QED) is 0.672. The van der Waals surface area contributed by atoms with E-state index < -0.39 is 0 Å². The smallest absolute Gasteiger partial charge is 0.266 e. The van der Waals surface area contributed by atoms with E-state index in [9.17, 15) is 4.79 Å². The first-order valence-electron chi connectivity index (χ1n) is 6.13. The third-order valence-electron chi connectivity index (χ3n) is 2.67. The minimum atomic E-state index is -0.318. The second kappa shape index (κ2) is 6.44. The van der Waals surface area contributed by atoms with Gasteiger partial charge in [-0.3, -0.25) is 9.78 Å².